The molecule has 1 heterocycles. The topological polar surface area (TPSA) is 49.3 Å². The van der Waals surface area contributed by atoms with E-state index in [-0.39, 0.29) is 24.4 Å². The zero-order valence-electron chi connectivity index (χ0n) is 10.6. The summed E-state index contributed by atoms with van der Waals surface area (Å²) in [5, 5.41) is 12.5. The van der Waals surface area contributed by atoms with E-state index in [1.807, 2.05) is 6.92 Å². The highest BCUT2D eigenvalue weighted by Gasteiger charge is 2.14. The Bertz CT molecular complexity index is 582. The lowest BCUT2D eigenvalue weighted by Gasteiger charge is -2.14. The summed E-state index contributed by atoms with van der Waals surface area (Å²) in [4.78, 5) is 12.6. The lowest BCUT2D eigenvalue weighted by Crippen LogP contribution is -2.34. The minimum absolute atomic E-state index is 0.0283. The molecule has 102 valence electrons. The standard InChI is InChI=1S/C14H16FNO2S/c1-2-11(5-6-17)16-14(18)13-8-9-7-10(15)3-4-12(9)19-13/h3-4,7-8,11,17H,2,5-6H2,1H3,(H,16,18). The molecule has 0 aliphatic carbocycles. The van der Waals surface area contributed by atoms with Gasteiger partial charge in [-0.2, -0.15) is 0 Å². The Labute approximate surface area is 115 Å². The van der Waals surface area contributed by atoms with Crippen molar-refractivity contribution in [2.24, 2.45) is 0 Å². The number of aliphatic hydroxyl groups excluding tert-OH is 1. The van der Waals surface area contributed by atoms with Crippen LogP contribution in [0.2, 0.25) is 0 Å². The van der Waals surface area contributed by atoms with Gasteiger partial charge in [0, 0.05) is 17.3 Å². The van der Waals surface area contributed by atoms with Gasteiger partial charge in [0.05, 0.1) is 4.88 Å². The van der Waals surface area contributed by atoms with Crippen molar-refractivity contribution >= 4 is 27.3 Å². The largest absolute Gasteiger partial charge is 0.396 e. The molecule has 2 rings (SSSR count). The Kier molecular flexibility index (Phi) is 4.50. The minimum atomic E-state index is -0.302. The second-order valence-corrected chi connectivity index (χ2v) is 5.47. The molecule has 0 spiro atoms. The molecule has 2 aromatic rings. The molecule has 1 aromatic heterocycles. The highest BCUT2D eigenvalue weighted by Crippen LogP contribution is 2.26. The van der Waals surface area contributed by atoms with Gasteiger partial charge in [-0.3, -0.25) is 4.79 Å². The van der Waals surface area contributed by atoms with Crippen LogP contribution in [0.3, 0.4) is 0 Å². The Morgan fingerprint density at radius 2 is 2.26 bits per heavy atom. The van der Waals surface area contributed by atoms with Gasteiger partial charge in [-0.25, -0.2) is 4.39 Å². The number of thiophene rings is 1. The summed E-state index contributed by atoms with van der Waals surface area (Å²) in [6, 6.07) is 6.16. The number of amides is 1. The number of fused-ring (bicyclic) bond motifs is 1. The highest BCUT2D eigenvalue weighted by molar-refractivity contribution is 7.20. The Morgan fingerprint density at radius 3 is 2.95 bits per heavy atom. The van der Waals surface area contributed by atoms with Crippen molar-refractivity contribution < 1.29 is 14.3 Å². The summed E-state index contributed by atoms with van der Waals surface area (Å²) in [5.74, 6) is -0.467. The van der Waals surface area contributed by atoms with Gasteiger partial charge in [-0.15, -0.1) is 11.3 Å². The van der Waals surface area contributed by atoms with Crippen LogP contribution >= 0.6 is 11.3 Å². The van der Waals surface area contributed by atoms with Crippen LogP contribution < -0.4 is 5.32 Å². The molecule has 0 bridgehead atoms. The van der Waals surface area contributed by atoms with E-state index < -0.39 is 0 Å². The zero-order valence-corrected chi connectivity index (χ0v) is 11.5. The van der Waals surface area contributed by atoms with Crippen LogP contribution in [0.1, 0.15) is 29.4 Å². The fourth-order valence-corrected chi connectivity index (χ4v) is 2.86. The molecule has 1 atom stereocenters. The summed E-state index contributed by atoms with van der Waals surface area (Å²) in [7, 11) is 0. The van der Waals surface area contributed by atoms with Gasteiger partial charge >= 0.3 is 0 Å². The van der Waals surface area contributed by atoms with Gasteiger partial charge < -0.3 is 10.4 Å². The van der Waals surface area contributed by atoms with Gasteiger partial charge in [-0.1, -0.05) is 6.92 Å². The second-order valence-electron chi connectivity index (χ2n) is 4.38. The molecule has 1 unspecified atom stereocenters. The van der Waals surface area contributed by atoms with Crippen LogP contribution in [0, 0.1) is 5.82 Å². The predicted molar refractivity (Wildman–Crippen MR) is 75.0 cm³/mol. The number of hydrogen-bond donors (Lipinski definition) is 2. The second kappa shape index (κ2) is 6.12. The summed E-state index contributed by atoms with van der Waals surface area (Å²) < 4.78 is 14.0. The van der Waals surface area contributed by atoms with Crippen LogP contribution in [0.4, 0.5) is 4.39 Å². The lowest BCUT2D eigenvalue weighted by atomic mass is 10.1. The number of rotatable bonds is 5. The van der Waals surface area contributed by atoms with Crippen molar-refractivity contribution in [1.29, 1.82) is 0 Å². The highest BCUT2D eigenvalue weighted by atomic mass is 32.1. The quantitative estimate of drug-likeness (QED) is 0.885. The molecule has 0 radical (unpaired) electrons. The zero-order chi connectivity index (χ0) is 13.8. The minimum Gasteiger partial charge on any atom is -0.396 e. The maximum Gasteiger partial charge on any atom is 0.261 e. The van der Waals surface area contributed by atoms with Gasteiger partial charge in [0.1, 0.15) is 5.82 Å². The van der Waals surface area contributed by atoms with Crippen molar-refractivity contribution in [2.45, 2.75) is 25.8 Å². The number of benzene rings is 1. The third-order valence-corrected chi connectivity index (χ3v) is 4.12. The van der Waals surface area contributed by atoms with Gasteiger partial charge in [0.15, 0.2) is 0 Å². The molecule has 0 aliphatic heterocycles. The first-order chi connectivity index (χ1) is 9.13. The van der Waals surface area contributed by atoms with Crippen molar-refractivity contribution in [1.82, 2.24) is 5.32 Å². The van der Waals surface area contributed by atoms with E-state index in [1.165, 1.54) is 23.5 Å². The SMILES string of the molecule is CCC(CCO)NC(=O)c1cc2cc(F)ccc2s1. The number of carbonyl (C=O) groups is 1. The fraction of sp³-hybridized carbons (Fsp3) is 0.357. The first-order valence-corrected chi connectivity index (χ1v) is 7.06. The summed E-state index contributed by atoms with van der Waals surface area (Å²) in [6.45, 7) is 2.01. The Morgan fingerprint density at radius 1 is 1.47 bits per heavy atom. The molecule has 5 heteroatoms. The third-order valence-electron chi connectivity index (χ3n) is 3.01. The van der Waals surface area contributed by atoms with E-state index in [1.54, 1.807) is 12.1 Å². The van der Waals surface area contributed by atoms with Gasteiger partial charge in [0.25, 0.3) is 5.91 Å². The molecule has 2 N–H and O–H groups in total. The Balaban J connectivity index is 2.17. The molecular formula is C14H16FNO2S. The van der Waals surface area contributed by atoms with E-state index in [0.29, 0.717) is 11.3 Å². The monoisotopic (exact) mass is 281 g/mol. The maximum absolute atomic E-state index is 13.1. The van der Waals surface area contributed by atoms with Crippen molar-refractivity contribution in [3.05, 3.63) is 35.0 Å². The molecule has 0 fully saturated rings. The van der Waals surface area contributed by atoms with E-state index in [4.69, 9.17) is 5.11 Å². The van der Waals surface area contributed by atoms with Crippen LogP contribution in [0.15, 0.2) is 24.3 Å². The van der Waals surface area contributed by atoms with Gasteiger partial charge in [-0.05, 0) is 42.5 Å². The lowest BCUT2D eigenvalue weighted by molar-refractivity contribution is 0.0933. The van der Waals surface area contributed by atoms with E-state index in [0.717, 1.165) is 16.5 Å². The molecule has 0 saturated heterocycles. The first kappa shape index (κ1) is 14.0. The number of nitrogens with one attached hydrogen (secondary N) is 1. The van der Waals surface area contributed by atoms with Gasteiger partial charge in [0.2, 0.25) is 0 Å². The average Bonchev–Trinajstić information content (AvgIpc) is 2.81. The molecule has 0 aliphatic rings. The van der Waals surface area contributed by atoms with Crippen LogP contribution in [0.5, 0.6) is 0 Å². The molecule has 1 aromatic carbocycles. The molecule has 3 nitrogen and oxygen atoms in total. The molecule has 0 saturated carbocycles. The van der Waals surface area contributed by atoms with Crippen molar-refractivity contribution in [2.75, 3.05) is 6.61 Å². The molecule has 1 amide bonds. The van der Waals surface area contributed by atoms with E-state index >= 15 is 0 Å². The van der Waals surface area contributed by atoms with E-state index in [9.17, 15) is 9.18 Å². The number of carbonyl (C=O) groups excluding carboxylic acids is 1. The van der Waals surface area contributed by atoms with Crippen LogP contribution in [-0.4, -0.2) is 23.7 Å². The van der Waals surface area contributed by atoms with Crippen molar-refractivity contribution in [3.8, 4) is 0 Å². The normalized spacial score (nSPS) is 12.6. The van der Waals surface area contributed by atoms with Crippen LogP contribution in [0.25, 0.3) is 10.1 Å². The van der Waals surface area contributed by atoms with Crippen LogP contribution in [-0.2, 0) is 0 Å². The summed E-state index contributed by atoms with van der Waals surface area (Å²) >= 11 is 1.34. The summed E-state index contributed by atoms with van der Waals surface area (Å²) in [5.41, 5.74) is 0. The number of hydrogen-bond acceptors (Lipinski definition) is 3. The molecule has 19 heavy (non-hydrogen) atoms. The third kappa shape index (κ3) is 3.30. The molecular weight excluding hydrogens is 265 g/mol. The number of aliphatic hydroxyl groups is 1. The fourth-order valence-electron chi connectivity index (χ4n) is 1.92. The number of halogens is 1. The van der Waals surface area contributed by atoms with E-state index in [2.05, 4.69) is 5.32 Å². The average molecular weight is 281 g/mol. The summed E-state index contributed by atoms with van der Waals surface area (Å²) in [6.07, 6.45) is 1.31. The maximum atomic E-state index is 13.1. The van der Waals surface area contributed by atoms with Crippen molar-refractivity contribution in [3.63, 3.8) is 0 Å². The Hall–Kier alpha value is -1.46. The first-order valence-electron chi connectivity index (χ1n) is 6.25. The predicted octanol–water partition coefficient (Wildman–Crippen LogP) is 2.93. The smallest absolute Gasteiger partial charge is 0.261 e.